The monoisotopic (exact) mass is 301 g/mol. The standard InChI is InChI=1S/C19H24ClN/c1-12-10-14(3)19(11-13(12)2)16(5)21-15(4)17-6-8-18(20)9-7-17/h6-11,15-16,21H,1-5H3/t15-,16?/m1/s1. The van der Waals surface area contributed by atoms with E-state index in [0.717, 1.165) is 5.02 Å². The van der Waals surface area contributed by atoms with Crippen LogP contribution in [0.25, 0.3) is 0 Å². The Bertz CT molecular complexity index is 616. The van der Waals surface area contributed by atoms with Crippen molar-refractivity contribution in [1.29, 1.82) is 0 Å². The van der Waals surface area contributed by atoms with E-state index < -0.39 is 0 Å². The summed E-state index contributed by atoms with van der Waals surface area (Å²) in [7, 11) is 0. The van der Waals surface area contributed by atoms with Crippen LogP contribution in [-0.4, -0.2) is 0 Å². The molecule has 0 bridgehead atoms. The van der Waals surface area contributed by atoms with Crippen LogP contribution < -0.4 is 5.32 Å². The molecular formula is C19H24ClN. The molecule has 1 nitrogen and oxygen atoms in total. The Morgan fingerprint density at radius 2 is 1.38 bits per heavy atom. The van der Waals surface area contributed by atoms with E-state index in [1.807, 2.05) is 12.1 Å². The molecule has 0 spiro atoms. The van der Waals surface area contributed by atoms with Crippen molar-refractivity contribution >= 4 is 11.6 Å². The number of halogens is 1. The van der Waals surface area contributed by atoms with Gasteiger partial charge in [0.25, 0.3) is 0 Å². The van der Waals surface area contributed by atoms with Crippen LogP contribution in [0.15, 0.2) is 36.4 Å². The minimum absolute atomic E-state index is 0.290. The van der Waals surface area contributed by atoms with Gasteiger partial charge in [0.1, 0.15) is 0 Å². The fraction of sp³-hybridized carbons (Fsp3) is 0.368. The van der Waals surface area contributed by atoms with Gasteiger partial charge in [0, 0.05) is 17.1 Å². The Balaban J connectivity index is 2.15. The van der Waals surface area contributed by atoms with Crippen molar-refractivity contribution in [3.63, 3.8) is 0 Å². The predicted octanol–water partition coefficient (Wildman–Crippen LogP) is 5.68. The molecule has 0 aliphatic rings. The number of aryl methyl sites for hydroxylation is 3. The topological polar surface area (TPSA) is 12.0 Å². The highest BCUT2D eigenvalue weighted by molar-refractivity contribution is 6.30. The van der Waals surface area contributed by atoms with E-state index in [0.29, 0.717) is 12.1 Å². The van der Waals surface area contributed by atoms with Crippen LogP contribution in [0.5, 0.6) is 0 Å². The Hall–Kier alpha value is -1.31. The normalized spacial score (nSPS) is 14.0. The van der Waals surface area contributed by atoms with E-state index in [1.54, 1.807) is 0 Å². The highest BCUT2D eigenvalue weighted by Crippen LogP contribution is 2.25. The van der Waals surface area contributed by atoms with Gasteiger partial charge in [-0.15, -0.1) is 0 Å². The van der Waals surface area contributed by atoms with Gasteiger partial charge in [-0.2, -0.15) is 0 Å². The molecular weight excluding hydrogens is 278 g/mol. The van der Waals surface area contributed by atoms with Crippen molar-refractivity contribution in [2.45, 2.75) is 46.7 Å². The summed E-state index contributed by atoms with van der Waals surface area (Å²) in [6, 6.07) is 13.2. The molecule has 0 aliphatic carbocycles. The molecule has 2 aromatic carbocycles. The molecule has 2 aromatic rings. The van der Waals surface area contributed by atoms with E-state index in [-0.39, 0.29) is 0 Å². The van der Waals surface area contributed by atoms with E-state index in [9.17, 15) is 0 Å². The van der Waals surface area contributed by atoms with Crippen LogP contribution in [0.2, 0.25) is 5.02 Å². The van der Waals surface area contributed by atoms with Crippen LogP contribution in [0, 0.1) is 20.8 Å². The number of rotatable bonds is 4. The summed E-state index contributed by atoms with van der Waals surface area (Å²) < 4.78 is 0. The lowest BCUT2D eigenvalue weighted by Gasteiger charge is -2.23. The molecule has 0 fully saturated rings. The minimum Gasteiger partial charge on any atom is -0.304 e. The van der Waals surface area contributed by atoms with Gasteiger partial charge < -0.3 is 5.32 Å². The fourth-order valence-corrected chi connectivity index (χ4v) is 2.89. The average Bonchev–Trinajstić information content (AvgIpc) is 2.43. The van der Waals surface area contributed by atoms with Gasteiger partial charge in [-0.25, -0.2) is 0 Å². The maximum atomic E-state index is 5.95. The SMILES string of the molecule is Cc1cc(C)c(C(C)N[C@H](C)c2ccc(Cl)cc2)cc1C. The molecule has 0 radical (unpaired) electrons. The van der Waals surface area contributed by atoms with E-state index >= 15 is 0 Å². The zero-order valence-electron chi connectivity index (χ0n) is 13.5. The second kappa shape index (κ2) is 6.64. The molecule has 2 heteroatoms. The molecule has 1 unspecified atom stereocenters. The summed E-state index contributed by atoms with van der Waals surface area (Å²) in [5.74, 6) is 0. The van der Waals surface area contributed by atoms with Crippen molar-refractivity contribution < 1.29 is 0 Å². The molecule has 0 heterocycles. The van der Waals surface area contributed by atoms with Gasteiger partial charge in [0.15, 0.2) is 0 Å². The molecule has 0 aromatic heterocycles. The van der Waals surface area contributed by atoms with E-state index in [1.165, 1.54) is 27.8 Å². The van der Waals surface area contributed by atoms with E-state index in [4.69, 9.17) is 11.6 Å². The zero-order chi connectivity index (χ0) is 15.6. The largest absolute Gasteiger partial charge is 0.304 e. The second-order valence-corrected chi connectivity index (χ2v) is 6.39. The minimum atomic E-state index is 0.290. The van der Waals surface area contributed by atoms with Gasteiger partial charge in [0.2, 0.25) is 0 Å². The molecule has 2 rings (SSSR count). The van der Waals surface area contributed by atoms with Crippen molar-refractivity contribution in [2.24, 2.45) is 0 Å². The molecule has 1 N–H and O–H groups in total. The highest BCUT2D eigenvalue weighted by Gasteiger charge is 2.13. The maximum absolute atomic E-state index is 5.95. The summed E-state index contributed by atoms with van der Waals surface area (Å²) >= 11 is 5.95. The molecule has 2 atom stereocenters. The Kier molecular flexibility index (Phi) is 5.08. The smallest absolute Gasteiger partial charge is 0.0406 e. The summed E-state index contributed by atoms with van der Waals surface area (Å²) in [5, 5.41) is 4.46. The van der Waals surface area contributed by atoms with E-state index in [2.05, 4.69) is 64.2 Å². The first-order valence-electron chi connectivity index (χ1n) is 7.47. The quantitative estimate of drug-likeness (QED) is 0.766. The van der Waals surface area contributed by atoms with Crippen LogP contribution in [-0.2, 0) is 0 Å². The molecule has 0 saturated heterocycles. The summed E-state index contributed by atoms with van der Waals surface area (Å²) in [6.45, 7) is 10.9. The van der Waals surface area contributed by atoms with Crippen molar-refractivity contribution in [1.82, 2.24) is 5.32 Å². The average molecular weight is 302 g/mol. The lowest BCUT2D eigenvalue weighted by molar-refractivity contribution is 0.493. The molecule has 0 saturated carbocycles. The van der Waals surface area contributed by atoms with Crippen LogP contribution in [0.1, 0.15) is 53.7 Å². The van der Waals surface area contributed by atoms with Gasteiger partial charge in [-0.1, -0.05) is 35.9 Å². The fourth-order valence-electron chi connectivity index (χ4n) is 2.76. The summed E-state index contributed by atoms with van der Waals surface area (Å²) in [6.07, 6.45) is 0. The van der Waals surface area contributed by atoms with Crippen LogP contribution >= 0.6 is 11.6 Å². The molecule has 0 aliphatic heterocycles. The third kappa shape index (κ3) is 3.87. The van der Waals surface area contributed by atoms with Gasteiger partial charge >= 0.3 is 0 Å². The van der Waals surface area contributed by atoms with Gasteiger partial charge in [-0.3, -0.25) is 0 Å². The lowest BCUT2D eigenvalue weighted by Crippen LogP contribution is -2.23. The molecule has 21 heavy (non-hydrogen) atoms. The van der Waals surface area contributed by atoms with Crippen LogP contribution in [0.3, 0.4) is 0 Å². The Labute approximate surface area is 133 Å². The molecule has 112 valence electrons. The number of benzene rings is 2. The second-order valence-electron chi connectivity index (χ2n) is 5.95. The predicted molar refractivity (Wildman–Crippen MR) is 92.1 cm³/mol. The molecule has 0 amide bonds. The Morgan fingerprint density at radius 3 is 2.00 bits per heavy atom. The first kappa shape index (κ1) is 16.1. The zero-order valence-corrected chi connectivity index (χ0v) is 14.3. The highest BCUT2D eigenvalue weighted by atomic mass is 35.5. The maximum Gasteiger partial charge on any atom is 0.0406 e. The lowest BCUT2D eigenvalue weighted by atomic mass is 9.95. The van der Waals surface area contributed by atoms with Gasteiger partial charge in [-0.05, 0) is 74.6 Å². The van der Waals surface area contributed by atoms with Crippen molar-refractivity contribution in [3.8, 4) is 0 Å². The van der Waals surface area contributed by atoms with Crippen molar-refractivity contribution in [3.05, 3.63) is 69.2 Å². The van der Waals surface area contributed by atoms with Crippen LogP contribution in [0.4, 0.5) is 0 Å². The summed E-state index contributed by atoms with van der Waals surface area (Å²) in [5.41, 5.74) is 6.69. The summed E-state index contributed by atoms with van der Waals surface area (Å²) in [4.78, 5) is 0. The number of hydrogen-bond acceptors (Lipinski definition) is 1. The first-order valence-corrected chi connectivity index (χ1v) is 7.85. The number of nitrogens with one attached hydrogen (secondary N) is 1. The number of hydrogen-bond donors (Lipinski definition) is 1. The third-order valence-corrected chi connectivity index (χ3v) is 4.47. The van der Waals surface area contributed by atoms with Crippen molar-refractivity contribution in [2.75, 3.05) is 0 Å². The Morgan fingerprint density at radius 1 is 0.810 bits per heavy atom. The van der Waals surface area contributed by atoms with Gasteiger partial charge in [0.05, 0.1) is 0 Å². The third-order valence-electron chi connectivity index (χ3n) is 4.22. The first-order chi connectivity index (χ1) is 9.88.